The molecule has 7 heteroatoms. The van der Waals surface area contributed by atoms with E-state index < -0.39 is 0 Å². The van der Waals surface area contributed by atoms with Crippen LogP contribution in [0.1, 0.15) is 24.5 Å². The average Bonchev–Trinajstić information content (AvgIpc) is 3.33. The molecule has 0 radical (unpaired) electrons. The monoisotopic (exact) mass is 322 g/mol. The lowest BCUT2D eigenvalue weighted by Crippen LogP contribution is -2.50. The summed E-state index contributed by atoms with van der Waals surface area (Å²) in [5.41, 5.74) is 1.91. The molecule has 0 N–H and O–H groups in total. The summed E-state index contributed by atoms with van der Waals surface area (Å²) in [5.74, 6) is 1.85. The molecule has 3 aromatic heterocycles. The molecule has 24 heavy (non-hydrogen) atoms. The molecule has 3 aromatic rings. The van der Waals surface area contributed by atoms with E-state index in [1.54, 1.807) is 10.7 Å². The minimum Gasteiger partial charge on any atom is -0.340 e. The van der Waals surface area contributed by atoms with Gasteiger partial charge in [0.05, 0.1) is 12.2 Å². The standard InChI is InChI=1S/C17H18N6O/c24-16-7-6-14(13-4-5-13)20-23(16)11-12-9-21(10-12)17-19-18-15-3-1-2-8-22(15)17/h1-3,6-8,12-13H,4-5,9-11H2. The van der Waals surface area contributed by atoms with Crippen molar-refractivity contribution in [2.45, 2.75) is 25.3 Å². The molecule has 0 atom stereocenters. The van der Waals surface area contributed by atoms with Crippen LogP contribution in [-0.2, 0) is 6.54 Å². The Morgan fingerprint density at radius 1 is 1.08 bits per heavy atom. The summed E-state index contributed by atoms with van der Waals surface area (Å²) in [6.07, 6.45) is 4.37. The quantitative estimate of drug-likeness (QED) is 0.724. The highest BCUT2D eigenvalue weighted by Gasteiger charge is 2.31. The molecule has 122 valence electrons. The van der Waals surface area contributed by atoms with E-state index in [4.69, 9.17) is 0 Å². The number of rotatable bonds is 4. The maximum atomic E-state index is 12.0. The van der Waals surface area contributed by atoms with Crippen molar-refractivity contribution < 1.29 is 0 Å². The van der Waals surface area contributed by atoms with E-state index in [1.807, 2.05) is 34.9 Å². The van der Waals surface area contributed by atoms with Gasteiger partial charge in [0.1, 0.15) is 0 Å². The van der Waals surface area contributed by atoms with Gasteiger partial charge in [-0.1, -0.05) is 6.07 Å². The Hall–Kier alpha value is -2.70. The van der Waals surface area contributed by atoms with Crippen molar-refractivity contribution >= 4 is 11.6 Å². The average molecular weight is 322 g/mol. The van der Waals surface area contributed by atoms with E-state index in [-0.39, 0.29) is 5.56 Å². The maximum absolute atomic E-state index is 12.0. The lowest BCUT2D eigenvalue weighted by molar-refractivity contribution is 0.328. The Morgan fingerprint density at radius 2 is 1.96 bits per heavy atom. The Bertz CT molecular complexity index is 951. The van der Waals surface area contributed by atoms with Gasteiger partial charge in [-0.05, 0) is 31.0 Å². The van der Waals surface area contributed by atoms with Gasteiger partial charge >= 0.3 is 0 Å². The van der Waals surface area contributed by atoms with E-state index >= 15 is 0 Å². The predicted molar refractivity (Wildman–Crippen MR) is 89.2 cm³/mol. The fourth-order valence-electron chi connectivity index (χ4n) is 3.33. The molecule has 0 aromatic carbocycles. The zero-order valence-corrected chi connectivity index (χ0v) is 13.2. The summed E-state index contributed by atoms with van der Waals surface area (Å²) in [6.45, 7) is 2.42. The number of aromatic nitrogens is 5. The molecule has 0 amide bonds. The van der Waals surface area contributed by atoms with Crippen LogP contribution in [-0.4, -0.2) is 37.5 Å². The molecule has 7 nitrogen and oxygen atoms in total. The SMILES string of the molecule is O=c1ccc(C2CC2)nn1CC1CN(c2nnc3ccccn23)C1. The lowest BCUT2D eigenvalue weighted by atomic mass is 10.0. The summed E-state index contributed by atoms with van der Waals surface area (Å²) in [6, 6.07) is 9.41. The fourth-order valence-corrected chi connectivity index (χ4v) is 3.33. The fraction of sp³-hybridized carbons (Fsp3) is 0.412. The molecule has 1 saturated heterocycles. The van der Waals surface area contributed by atoms with Crippen molar-refractivity contribution in [1.82, 2.24) is 24.4 Å². The first-order chi connectivity index (χ1) is 11.8. The molecule has 0 bridgehead atoms. The zero-order valence-electron chi connectivity index (χ0n) is 13.2. The first-order valence-electron chi connectivity index (χ1n) is 8.41. The van der Waals surface area contributed by atoms with Crippen LogP contribution in [0.15, 0.2) is 41.3 Å². The minimum absolute atomic E-state index is 0.00854. The molecule has 1 aliphatic heterocycles. The molecule has 0 unspecified atom stereocenters. The summed E-state index contributed by atoms with van der Waals surface area (Å²) in [4.78, 5) is 14.2. The lowest BCUT2D eigenvalue weighted by Gasteiger charge is -2.39. The highest BCUT2D eigenvalue weighted by molar-refractivity contribution is 5.47. The van der Waals surface area contributed by atoms with Crippen molar-refractivity contribution in [3.8, 4) is 0 Å². The number of hydrogen-bond acceptors (Lipinski definition) is 5. The second kappa shape index (κ2) is 5.15. The van der Waals surface area contributed by atoms with E-state index in [1.165, 1.54) is 12.8 Å². The largest absolute Gasteiger partial charge is 0.340 e. The highest BCUT2D eigenvalue weighted by atomic mass is 16.1. The number of nitrogens with zero attached hydrogens (tertiary/aromatic N) is 6. The predicted octanol–water partition coefficient (Wildman–Crippen LogP) is 1.30. The maximum Gasteiger partial charge on any atom is 0.266 e. The van der Waals surface area contributed by atoms with Crippen LogP contribution in [0.5, 0.6) is 0 Å². The molecule has 1 aliphatic carbocycles. The van der Waals surface area contributed by atoms with Crippen LogP contribution in [0.2, 0.25) is 0 Å². The molecular formula is C17H18N6O. The van der Waals surface area contributed by atoms with E-state index in [0.717, 1.165) is 30.4 Å². The van der Waals surface area contributed by atoms with Crippen LogP contribution in [0.25, 0.3) is 5.65 Å². The first-order valence-corrected chi connectivity index (χ1v) is 8.41. The summed E-state index contributed by atoms with van der Waals surface area (Å²) < 4.78 is 3.63. The molecular weight excluding hydrogens is 304 g/mol. The number of pyridine rings is 1. The summed E-state index contributed by atoms with van der Waals surface area (Å²) in [5, 5.41) is 13.0. The van der Waals surface area contributed by atoms with Gasteiger partial charge in [0.15, 0.2) is 5.65 Å². The third kappa shape index (κ3) is 2.28. The van der Waals surface area contributed by atoms with Gasteiger partial charge in [-0.2, -0.15) is 5.10 Å². The van der Waals surface area contributed by atoms with Crippen molar-refractivity contribution in [2.24, 2.45) is 5.92 Å². The Balaban J connectivity index is 1.30. The van der Waals surface area contributed by atoms with E-state index in [2.05, 4.69) is 20.2 Å². The van der Waals surface area contributed by atoms with Crippen molar-refractivity contribution in [1.29, 1.82) is 0 Å². The van der Waals surface area contributed by atoms with Crippen LogP contribution in [0.4, 0.5) is 5.95 Å². The van der Waals surface area contributed by atoms with Crippen molar-refractivity contribution in [3.05, 3.63) is 52.6 Å². The van der Waals surface area contributed by atoms with Gasteiger partial charge in [-0.25, -0.2) is 4.68 Å². The second-order valence-corrected chi connectivity index (χ2v) is 6.75. The van der Waals surface area contributed by atoms with Crippen molar-refractivity contribution in [3.63, 3.8) is 0 Å². The third-order valence-electron chi connectivity index (χ3n) is 4.85. The Labute approximate surface area is 138 Å². The first kappa shape index (κ1) is 13.7. The van der Waals surface area contributed by atoms with E-state index in [0.29, 0.717) is 18.4 Å². The van der Waals surface area contributed by atoms with Gasteiger partial charge in [-0.3, -0.25) is 9.20 Å². The minimum atomic E-state index is -0.00854. The molecule has 1 saturated carbocycles. The number of fused-ring (bicyclic) bond motifs is 1. The number of anilines is 1. The van der Waals surface area contributed by atoms with Crippen LogP contribution in [0, 0.1) is 5.92 Å². The molecule has 0 spiro atoms. The Kier molecular flexibility index (Phi) is 2.95. The smallest absolute Gasteiger partial charge is 0.266 e. The van der Waals surface area contributed by atoms with Gasteiger partial charge in [0.2, 0.25) is 5.95 Å². The molecule has 4 heterocycles. The van der Waals surface area contributed by atoms with Gasteiger partial charge in [0, 0.05) is 37.2 Å². The zero-order chi connectivity index (χ0) is 16.1. The molecule has 2 fully saturated rings. The van der Waals surface area contributed by atoms with Gasteiger partial charge in [-0.15, -0.1) is 10.2 Å². The van der Waals surface area contributed by atoms with Crippen LogP contribution in [0.3, 0.4) is 0 Å². The van der Waals surface area contributed by atoms with Crippen LogP contribution < -0.4 is 10.5 Å². The van der Waals surface area contributed by atoms with Crippen LogP contribution >= 0.6 is 0 Å². The molecule has 2 aliphatic rings. The second-order valence-electron chi connectivity index (χ2n) is 6.75. The van der Waals surface area contributed by atoms with E-state index in [9.17, 15) is 4.79 Å². The normalized spacial score (nSPS) is 18.1. The molecule has 5 rings (SSSR count). The van der Waals surface area contributed by atoms with Gasteiger partial charge in [0.25, 0.3) is 5.56 Å². The third-order valence-corrected chi connectivity index (χ3v) is 4.85. The summed E-state index contributed by atoms with van der Waals surface area (Å²) >= 11 is 0. The topological polar surface area (TPSA) is 68.3 Å². The Morgan fingerprint density at radius 3 is 2.79 bits per heavy atom. The highest BCUT2D eigenvalue weighted by Crippen LogP contribution is 2.38. The van der Waals surface area contributed by atoms with Gasteiger partial charge < -0.3 is 4.90 Å². The van der Waals surface area contributed by atoms with Crippen molar-refractivity contribution in [2.75, 3.05) is 18.0 Å². The summed E-state index contributed by atoms with van der Waals surface area (Å²) in [7, 11) is 0. The number of hydrogen-bond donors (Lipinski definition) is 0.